The van der Waals surface area contributed by atoms with E-state index in [1.807, 2.05) is 6.92 Å². The fraction of sp³-hybridized carbons (Fsp3) is 0.682. The molecule has 0 amide bonds. The van der Waals surface area contributed by atoms with Gasteiger partial charge < -0.3 is 14.2 Å². The van der Waals surface area contributed by atoms with Gasteiger partial charge in [-0.25, -0.2) is 9.59 Å². The number of hydrogen-bond acceptors (Lipinski definition) is 6. The summed E-state index contributed by atoms with van der Waals surface area (Å²) in [5.41, 5.74) is 1.02. The molecule has 0 aromatic rings. The minimum absolute atomic E-state index is 0.0722. The van der Waals surface area contributed by atoms with Gasteiger partial charge >= 0.3 is 17.9 Å². The topological polar surface area (TPSA) is 78.9 Å². The number of carbonyl (C=O) groups is 3. The zero-order valence-electron chi connectivity index (χ0n) is 17.6. The number of rotatable bonds is 3. The monoisotopic (exact) mass is 390 g/mol. The summed E-state index contributed by atoms with van der Waals surface area (Å²) in [6, 6.07) is 0. The normalized spacial score (nSPS) is 37.7. The predicted octanol–water partition coefficient (Wildman–Crippen LogP) is 3.64. The molecule has 2 saturated carbocycles. The zero-order chi connectivity index (χ0) is 20.9. The molecule has 5 unspecified atom stereocenters. The van der Waals surface area contributed by atoms with Gasteiger partial charge in [0.1, 0.15) is 17.8 Å². The molecule has 154 valence electrons. The molecule has 0 bridgehead atoms. The quantitative estimate of drug-likeness (QED) is 0.416. The fourth-order valence-corrected chi connectivity index (χ4v) is 5.25. The first-order valence-corrected chi connectivity index (χ1v) is 9.96. The molecule has 6 heteroatoms. The maximum absolute atomic E-state index is 12.4. The van der Waals surface area contributed by atoms with E-state index in [-0.39, 0.29) is 23.4 Å². The Bertz CT molecular complexity index is 778. The molecule has 1 heterocycles. The first-order chi connectivity index (χ1) is 13.0. The molecule has 0 aromatic heterocycles. The summed E-state index contributed by atoms with van der Waals surface area (Å²) in [5.74, 6) is -1.12. The molecule has 2 fully saturated rings. The number of hydrogen-bond donors (Lipinski definition) is 0. The van der Waals surface area contributed by atoms with E-state index in [1.165, 1.54) is 6.92 Å². The average molecular weight is 390 g/mol. The van der Waals surface area contributed by atoms with Crippen molar-refractivity contribution in [1.29, 1.82) is 0 Å². The third-order valence-corrected chi connectivity index (χ3v) is 7.02. The summed E-state index contributed by atoms with van der Waals surface area (Å²) >= 11 is 0. The second-order valence-electron chi connectivity index (χ2n) is 8.84. The summed E-state index contributed by atoms with van der Waals surface area (Å²) in [6.07, 6.45) is 3.67. The number of ether oxygens (including phenoxy) is 3. The molecule has 0 saturated heterocycles. The van der Waals surface area contributed by atoms with Gasteiger partial charge in [0.05, 0.1) is 0 Å². The Hall–Kier alpha value is -2.11. The smallest absolute Gasteiger partial charge is 0.334 e. The van der Waals surface area contributed by atoms with Gasteiger partial charge in [-0.1, -0.05) is 13.0 Å². The van der Waals surface area contributed by atoms with E-state index in [0.717, 1.165) is 12.0 Å². The number of fused-ring (bicyclic) bond motifs is 2. The highest BCUT2D eigenvalue weighted by molar-refractivity contribution is 5.91. The molecule has 6 nitrogen and oxygen atoms in total. The molecule has 3 aliphatic rings. The highest BCUT2D eigenvalue weighted by Crippen LogP contribution is 2.59. The molecule has 0 spiro atoms. The predicted molar refractivity (Wildman–Crippen MR) is 102 cm³/mol. The first-order valence-electron chi connectivity index (χ1n) is 9.96. The van der Waals surface area contributed by atoms with Crippen molar-refractivity contribution in [3.63, 3.8) is 0 Å². The van der Waals surface area contributed by atoms with Crippen molar-refractivity contribution >= 4 is 17.9 Å². The van der Waals surface area contributed by atoms with Gasteiger partial charge in [0, 0.05) is 24.0 Å². The van der Waals surface area contributed by atoms with Crippen LogP contribution in [0.15, 0.2) is 22.8 Å². The van der Waals surface area contributed by atoms with Gasteiger partial charge in [-0.15, -0.1) is 0 Å². The zero-order valence-corrected chi connectivity index (χ0v) is 17.6. The van der Waals surface area contributed by atoms with E-state index in [9.17, 15) is 14.4 Å². The summed E-state index contributed by atoms with van der Waals surface area (Å²) in [7, 11) is 0. The van der Waals surface area contributed by atoms with Gasteiger partial charge in [0.25, 0.3) is 0 Å². The standard InChI is InChI=1S/C22H30O6/c1-7-12(2)19(24)27-18-8-9-21(5)11-16-15(13(3)20(25)26-16)10-17(21)22(18,6)28-14(4)23/h7,16-18H,8-11H2,1-6H3. The van der Waals surface area contributed by atoms with E-state index in [2.05, 4.69) is 6.92 Å². The van der Waals surface area contributed by atoms with Crippen molar-refractivity contribution in [1.82, 2.24) is 0 Å². The van der Waals surface area contributed by atoms with Gasteiger partial charge in [0.15, 0.2) is 0 Å². The van der Waals surface area contributed by atoms with Crippen LogP contribution in [0.1, 0.15) is 67.2 Å². The Balaban J connectivity index is 1.98. The summed E-state index contributed by atoms with van der Waals surface area (Å²) in [5, 5.41) is 0. The SMILES string of the molecule is CC=C(C)C(=O)OC1CCC2(C)CC3OC(=O)C(C)=C3CC2C1(C)OC(C)=O. The minimum atomic E-state index is -0.966. The molecular weight excluding hydrogens is 360 g/mol. The lowest BCUT2D eigenvalue weighted by molar-refractivity contribution is -0.220. The summed E-state index contributed by atoms with van der Waals surface area (Å²) in [6.45, 7) is 10.7. The summed E-state index contributed by atoms with van der Waals surface area (Å²) in [4.78, 5) is 36.5. The van der Waals surface area contributed by atoms with Crippen LogP contribution in [0.5, 0.6) is 0 Å². The van der Waals surface area contributed by atoms with Crippen molar-refractivity contribution in [3.8, 4) is 0 Å². The van der Waals surface area contributed by atoms with Crippen molar-refractivity contribution in [2.45, 2.75) is 85.0 Å². The van der Waals surface area contributed by atoms with Crippen molar-refractivity contribution in [2.24, 2.45) is 11.3 Å². The number of allylic oxidation sites excluding steroid dienone is 1. The van der Waals surface area contributed by atoms with Crippen LogP contribution >= 0.6 is 0 Å². The molecule has 3 rings (SSSR count). The Kier molecular flexibility index (Phi) is 5.19. The molecular formula is C22H30O6. The van der Waals surface area contributed by atoms with E-state index >= 15 is 0 Å². The van der Waals surface area contributed by atoms with Crippen LogP contribution in [0.2, 0.25) is 0 Å². The fourth-order valence-electron chi connectivity index (χ4n) is 5.25. The maximum Gasteiger partial charge on any atom is 0.334 e. The van der Waals surface area contributed by atoms with Gasteiger partial charge in [-0.2, -0.15) is 0 Å². The lowest BCUT2D eigenvalue weighted by Crippen LogP contribution is -2.61. The highest BCUT2D eigenvalue weighted by atomic mass is 16.6. The Morgan fingerprint density at radius 3 is 2.54 bits per heavy atom. The van der Waals surface area contributed by atoms with Gasteiger partial charge in [0.2, 0.25) is 0 Å². The second kappa shape index (κ2) is 7.05. The third kappa shape index (κ3) is 3.27. The Morgan fingerprint density at radius 2 is 1.93 bits per heavy atom. The Labute approximate surface area is 166 Å². The van der Waals surface area contributed by atoms with E-state index in [0.29, 0.717) is 30.4 Å². The highest BCUT2D eigenvalue weighted by Gasteiger charge is 2.61. The van der Waals surface area contributed by atoms with E-state index in [1.54, 1.807) is 26.8 Å². The first kappa shape index (κ1) is 20.6. The van der Waals surface area contributed by atoms with Crippen LogP contribution in [-0.4, -0.2) is 35.7 Å². The van der Waals surface area contributed by atoms with Crippen LogP contribution in [0, 0.1) is 11.3 Å². The largest absolute Gasteiger partial charge is 0.455 e. The van der Waals surface area contributed by atoms with Crippen LogP contribution in [0.3, 0.4) is 0 Å². The van der Waals surface area contributed by atoms with Crippen molar-refractivity contribution < 1.29 is 28.6 Å². The van der Waals surface area contributed by atoms with Gasteiger partial charge in [-0.3, -0.25) is 4.79 Å². The van der Waals surface area contributed by atoms with E-state index < -0.39 is 23.6 Å². The third-order valence-electron chi connectivity index (χ3n) is 7.02. The molecule has 2 aliphatic carbocycles. The maximum atomic E-state index is 12.4. The van der Waals surface area contributed by atoms with Crippen LogP contribution in [0.25, 0.3) is 0 Å². The van der Waals surface area contributed by atoms with Crippen molar-refractivity contribution in [3.05, 3.63) is 22.8 Å². The molecule has 5 atom stereocenters. The molecule has 1 aliphatic heterocycles. The lowest BCUT2D eigenvalue weighted by Gasteiger charge is -2.57. The molecule has 28 heavy (non-hydrogen) atoms. The number of esters is 3. The lowest BCUT2D eigenvalue weighted by atomic mass is 9.53. The summed E-state index contributed by atoms with van der Waals surface area (Å²) < 4.78 is 17.2. The van der Waals surface area contributed by atoms with Crippen LogP contribution < -0.4 is 0 Å². The minimum Gasteiger partial charge on any atom is -0.455 e. The van der Waals surface area contributed by atoms with Crippen LogP contribution in [0.4, 0.5) is 0 Å². The van der Waals surface area contributed by atoms with Crippen molar-refractivity contribution in [2.75, 3.05) is 0 Å². The number of carbonyl (C=O) groups excluding carboxylic acids is 3. The van der Waals surface area contributed by atoms with Crippen LogP contribution in [-0.2, 0) is 28.6 Å². The average Bonchev–Trinajstić information content (AvgIpc) is 2.88. The van der Waals surface area contributed by atoms with Gasteiger partial charge in [-0.05, 0) is 64.4 Å². The Morgan fingerprint density at radius 1 is 1.25 bits per heavy atom. The molecule has 0 aromatic carbocycles. The van der Waals surface area contributed by atoms with E-state index in [4.69, 9.17) is 14.2 Å². The second-order valence-corrected chi connectivity index (χ2v) is 8.84. The molecule has 0 N–H and O–H groups in total. The molecule has 0 radical (unpaired) electrons.